The Bertz CT molecular complexity index is 766. The second kappa shape index (κ2) is 10.8. The van der Waals surface area contributed by atoms with Crippen LogP contribution in [0.25, 0.3) is 0 Å². The topological polar surface area (TPSA) is 59.9 Å². The molecule has 0 unspecified atom stereocenters. The second-order valence-corrected chi connectivity index (χ2v) is 7.15. The third-order valence-electron chi connectivity index (χ3n) is 5.47. The monoisotopic (exact) mass is 395 g/mol. The molecule has 1 aromatic heterocycles. The quantitative estimate of drug-likeness (QED) is 0.573. The Hall–Kier alpha value is -2.67. The van der Waals surface area contributed by atoms with Gasteiger partial charge in [0.25, 0.3) is 0 Å². The van der Waals surface area contributed by atoms with E-state index in [-0.39, 0.29) is 0 Å². The van der Waals surface area contributed by atoms with Gasteiger partial charge in [-0.1, -0.05) is 38.1 Å². The predicted molar refractivity (Wildman–Crippen MR) is 119 cm³/mol. The minimum Gasteiger partial charge on any atom is -0.352 e. The molecule has 0 aliphatic carbocycles. The van der Waals surface area contributed by atoms with Crippen molar-refractivity contribution in [3.8, 4) is 0 Å². The van der Waals surface area contributed by atoms with E-state index in [1.54, 1.807) is 12.4 Å². The zero-order chi connectivity index (χ0) is 20.5. The Kier molecular flexibility index (Phi) is 7.81. The lowest BCUT2D eigenvalue weighted by Gasteiger charge is -2.36. The molecule has 0 radical (unpaired) electrons. The van der Waals surface area contributed by atoms with Gasteiger partial charge in [-0.3, -0.25) is 9.89 Å². The van der Waals surface area contributed by atoms with Crippen molar-refractivity contribution in [1.82, 2.24) is 25.1 Å². The van der Waals surface area contributed by atoms with E-state index in [0.29, 0.717) is 0 Å². The van der Waals surface area contributed by atoms with Gasteiger partial charge in [0.2, 0.25) is 5.95 Å². The average molecular weight is 396 g/mol. The van der Waals surface area contributed by atoms with Crippen LogP contribution in [0.1, 0.15) is 25.0 Å². The van der Waals surface area contributed by atoms with Crippen LogP contribution in [-0.2, 0) is 13.1 Å². The highest BCUT2D eigenvalue weighted by molar-refractivity contribution is 5.80. The molecule has 0 amide bonds. The van der Waals surface area contributed by atoms with Crippen molar-refractivity contribution in [3.05, 3.63) is 53.9 Å². The van der Waals surface area contributed by atoms with Crippen LogP contribution in [0, 0.1) is 0 Å². The molecule has 7 nitrogen and oxygen atoms in total. The zero-order valence-electron chi connectivity index (χ0n) is 17.9. The molecule has 1 fully saturated rings. The first kappa shape index (κ1) is 21.0. The van der Waals surface area contributed by atoms with Crippen molar-refractivity contribution in [1.29, 1.82) is 0 Å². The van der Waals surface area contributed by atoms with Gasteiger partial charge in [-0.05, 0) is 30.3 Å². The summed E-state index contributed by atoms with van der Waals surface area (Å²) in [5.74, 6) is 1.76. The van der Waals surface area contributed by atoms with Crippen LogP contribution in [0.5, 0.6) is 0 Å². The number of piperazine rings is 1. The summed E-state index contributed by atoms with van der Waals surface area (Å²) >= 11 is 0. The van der Waals surface area contributed by atoms with Crippen LogP contribution in [0.4, 0.5) is 5.95 Å². The molecule has 0 spiro atoms. The van der Waals surface area contributed by atoms with Crippen LogP contribution in [0.3, 0.4) is 0 Å². The van der Waals surface area contributed by atoms with Crippen molar-refractivity contribution in [2.24, 2.45) is 4.99 Å². The summed E-state index contributed by atoms with van der Waals surface area (Å²) < 4.78 is 0. The molecule has 1 N–H and O–H groups in total. The fourth-order valence-corrected chi connectivity index (χ4v) is 3.65. The molecule has 29 heavy (non-hydrogen) atoms. The summed E-state index contributed by atoms with van der Waals surface area (Å²) in [6, 6.07) is 10.5. The standard InChI is InChI=1S/C22H33N7/c1-4-27(5-2)18-20-10-7-6-9-19(20)17-26-21(23-3)28-13-15-29(16-14-28)22-24-11-8-12-25-22/h6-12H,4-5,13-18H2,1-3H3,(H,23,26). The first-order valence-electron chi connectivity index (χ1n) is 10.5. The highest BCUT2D eigenvalue weighted by Gasteiger charge is 2.21. The fraction of sp³-hybridized carbons (Fsp3) is 0.500. The van der Waals surface area contributed by atoms with E-state index in [9.17, 15) is 0 Å². The van der Waals surface area contributed by atoms with E-state index in [1.165, 1.54) is 11.1 Å². The molecule has 3 rings (SSSR count). The van der Waals surface area contributed by atoms with Gasteiger partial charge in [-0.15, -0.1) is 0 Å². The van der Waals surface area contributed by atoms with E-state index >= 15 is 0 Å². The molecule has 1 aliphatic heterocycles. The lowest BCUT2D eigenvalue weighted by Crippen LogP contribution is -2.52. The van der Waals surface area contributed by atoms with Crippen LogP contribution in [0.15, 0.2) is 47.7 Å². The van der Waals surface area contributed by atoms with Crippen LogP contribution >= 0.6 is 0 Å². The van der Waals surface area contributed by atoms with Crippen LogP contribution in [-0.4, -0.2) is 72.0 Å². The Morgan fingerprint density at radius 2 is 1.66 bits per heavy atom. The second-order valence-electron chi connectivity index (χ2n) is 7.15. The minimum absolute atomic E-state index is 0.784. The first-order chi connectivity index (χ1) is 14.2. The van der Waals surface area contributed by atoms with Gasteiger partial charge < -0.3 is 15.1 Å². The van der Waals surface area contributed by atoms with Gasteiger partial charge in [0.15, 0.2) is 5.96 Å². The number of aromatic nitrogens is 2. The highest BCUT2D eigenvalue weighted by Crippen LogP contribution is 2.13. The van der Waals surface area contributed by atoms with Gasteiger partial charge >= 0.3 is 0 Å². The number of hydrogen-bond donors (Lipinski definition) is 1. The van der Waals surface area contributed by atoms with Crippen molar-refractivity contribution in [3.63, 3.8) is 0 Å². The summed E-state index contributed by atoms with van der Waals surface area (Å²) in [5.41, 5.74) is 2.71. The Labute approximate surface area is 174 Å². The maximum absolute atomic E-state index is 4.52. The molecular weight excluding hydrogens is 362 g/mol. The molecule has 1 aliphatic rings. The number of nitrogens with one attached hydrogen (secondary N) is 1. The van der Waals surface area contributed by atoms with Gasteiger partial charge in [0.05, 0.1) is 0 Å². The lowest BCUT2D eigenvalue weighted by molar-refractivity contribution is 0.295. The molecule has 1 saturated heterocycles. The Morgan fingerprint density at radius 1 is 1.00 bits per heavy atom. The largest absolute Gasteiger partial charge is 0.352 e. The normalized spacial score (nSPS) is 15.1. The van der Waals surface area contributed by atoms with E-state index in [2.05, 4.69) is 73.1 Å². The van der Waals surface area contributed by atoms with E-state index < -0.39 is 0 Å². The SMILES string of the molecule is CCN(CC)Cc1ccccc1CNC(=NC)N1CCN(c2ncccn2)CC1. The van der Waals surface area contributed by atoms with Crippen molar-refractivity contribution in [2.45, 2.75) is 26.9 Å². The summed E-state index contributed by atoms with van der Waals surface area (Å²) in [5, 5.41) is 3.57. The van der Waals surface area contributed by atoms with Crippen molar-refractivity contribution < 1.29 is 0 Å². The molecule has 2 aromatic rings. The number of nitrogens with zero attached hydrogens (tertiary/aromatic N) is 6. The number of rotatable bonds is 7. The van der Waals surface area contributed by atoms with Gasteiger partial charge in [0.1, 0.15) is 0 Å². The Balaban J connectivity index is 1.57. The highest BCUT2D eigenvalue weighted by atomic mass is 15.4. The fourth-order valence-electron chi connectivity index (χ4n) is 3.65. The maximum atomic E-state index is 4.52. The molecule has 0 bridgehead atoms. The summed E-state index contributed by atoms with van der Waals surface area (Å²) in [4.78, 5) is 20.2. The molecule has 0 saturated carbocycles. The number of anilines is 1. The number of hydrogen-bond acceptors (Lipinski definition) is 5. The molecular formula is C22H33N7. The van der Waals surface area contributed by atoms with Crippen molar-refractivity contribution >= 4 is 11.9 Å². The molecule has 7 heteroatoms. The molecule has 0 atom stereocenters. The van der Waals surface area contributed by atoms with Gasteiger partial charge in [0, 0.05) is 58.7 Å². The number of benzene rings is 1. The van der Waals surface area contributed by atoms with Gasteiger partial charge in [-0.25, -0.2) is 9.97 Å². The van der Waals surface area contributed by atoms with E-state index in [1.807, 2.05) is 13.1 Å². The average Bonchev–Trinajstić information content (AvgIpc) is 2.79. The van der Waals surface area contributed by atoms with Crippen LogP contribution < -0.4 is 10.2 Å². The predicted octanol–water partition coefficient (Wildman–Crippen LogP) is 2.22. The van der Waals surface area contributed by atoms with E-state index in [4.69, 9.17) is 0 Å². The molecule has 2 heterocycles. The maximum Gasteiger partial charge on any atom is 0.225 e. The number of guanidine groups is 1. The third-order valence-corrected chi connectivity index (χ3v) is 5.47. The Morgan fingerprint density at radius 3 is 2.28 bits per heavy atom. The smallest absolute Gasteiger partial charge is 0.225 e. The summed E-state index contributed by atoms with van der Waals surface area (Å²) in [6.07, 6.45) is 3.59. The summed E-state index contributed by atoms with van der Waals surface area (Å²) in [6.45, 7) is 11.9. The van der Waals surface area contributed by atoms with Gasteiger partial charge in [-0.2, -0.15) is 0 Å². The van der Waals surface area contributed by atoms with Crippen molar-refractivity contribution in [2.75, 3.05) is 51.2 Å². The number of aliphatic imine (C=N–C) groups is 1. The summed E-state index contributed by atoms with van der Waals surface area (Å²) in [7, 11) is 1.86. The first-order valence-corrected chi connectivity index (χ1v) is 10.5. The van der Waals surface area contributed by atoms with Crippen LogP contribution in [0.2, 0.25) is 0 Å². The zero-order valence-corrected chi connectivity index (χ0v) is 17.9. The molecule has 156 valence electrons. The third kappa shape index (κ3) is 5.67. The lowest BCUT2D eigenvalue weighted by atomic mass is 10.1. The van der Waals surface area contributed by atoms with E-state index in [0.717, 1.165) is 64.3 Å². The minimum atomic E-state index is 0.784. The molecule has 1 aromatic carbocycles.